The number of hydrogen-bond acceptors (Lipinski definition) is 9. The zero-order valence-electron chi connectivity index (χ0n) is 23.9. The number of likely N-dealkylation sites (tertiary alicyclic amines) is 1. The van der Waals surface area contributed by atoms with Gasteiger partial charge < -0.3 is 19.5 Å². The van der Waals surface area contributed by atoms with Gasteiger partial charge in [-0.1, -0.05) is 38.1 Å². The second kappa shape index (κ2) is 13.5. The average molecular weight is 579 g/mol. The van der Waals surface area contributed by atoms with Crippen LogP contribution in [0.1, 0.15) is 59.4 Å². The molecule has 39 heavy (non-hydrogen) atoms. The van der Waals surface area contributed by atoms with Crippen molar-refractivity contribution in [2.75, 3.05) is 43.6 Å². The van der Waals surface area contributed by atoms with E-state index in [1.54, 1.807) is 50.4 Å². The lowest BCUT2D eigenvalue weighted by Gasteiger charge is -2.37. The van der Waals surface area contributed by atoms with Gasteiger partial charge in [0.25, 0.3) is 0 Å². The van der Waals surface area contributed by atoms with Gasteiger partial charge in [-0.15, -0.1) is 23.5 Å². The van der Waals surface area contributed by atoms with Crippen molar-refractivity contribution < 1.29 is 28.6 Å². The summed E-state index contributed by atoms with van der Waals surface area (Å²) in [5.41, 5.74) is 0.588. The van der Waals surface area contributed by atoms with Crippen LogP contribution in [0.3, 0.4) is 0 Å². The molecule has 1 aromatic rings. The maximum absolute atomic E-state index is 13.6. The quantitative estimate of drug-likeness (QED) is 0.193. The number of ether oxygens (including phenoxy) is 3. The second-order valence-electron chi connectivity index (χ2n) is 10.6. The fraction of sp³-hybridized carbons (Fsp3) is 0.621. The van der Waals surface area contributed by atoms with Crippen LogP contribution in [0.4, 0.5) is 10.5 Å². The molecule has 1 saturated heterocycles. The van der Waals surface area contributed by atoms with Gasteiger partial charge in [-0.3, -0.25) is 9.69 Å². The third-order valence-corrected chi connectivity index (χ3v) is 10.0. The maximum atomic E-state index is 13.6. The van der Waals surface area contributed by atoms with E-state index < -0.39 is 21.3 Å². The Labute approximate surface area is 241 Å². The minimum Gasteiger partial charge on any atom is -0.467 e. The molecule has 0 bridgehead atoms. The van der Waals surface area contributed by atoms with E-state index in [2.05, 4.69) is 10.2 Å². The van der Waals surface area contributed by atoms with Crippen LogP contribution in [0.5, 0.6) is 0 Å². The number of amides is 1. The van der Waals surface area contributed by atoms with Gasteiger partial charge in [0.2, 0.25) is 5.91 Å². The third-order valence-electron chi connectivity index (χ3n) is 7.06. The molecule has 2 atom stereocenters. The highest BCUT2D eigenvalue weighted by Gasteiger charge is 2.57. The number of carbonyl (C=O) groups excluding carboxylic acids is 3. The van der Waals surface area contributed by atoms with Gasteiger partial charge in [0.15, 0.2) is 4.08 Å². The van der Waals surface area contributed by atoms with Crippen LogP contribution in [-0.4, -0.2) is 77.0 Å². The summed E-state index contributed by atoms with van der Waals surface area (Å²) >= 11 is 3.22. The van der Waals surface area contributed by atoms with Crippen LogP contribution in [-0.2, 0) is 29.2 Å². The van der Waals surface area contributed by atoms with Crippen molar-refractivity contribution in [3.63, 3.8) is 0 Å². The highest BCUT2D eigenvalue weighted by atomic mass is 32.2. The number of rotatable bonds is 12. The molecule has 0 aromatic heterocycles. The van der Waals surface area contributed by atoms with E-state index in [9.17, 15) is 14.4 Å². The minimum absolute atomic E-state index is 0.0170. The van der Waals surface area contributed by atoms with Gasteiger partial charge in [-0.05, 0) is 69.2 Å². The lowest BCUT2D eigenvalue weighted by molar-refractivity contribution is -0.141. The molecule has 1 amide bonds. The van der Waals surface area contributed by atoms with Crippen LogP contribution < -0.4 is 5.32 Å². The van der Waals surface area contributed by atoms with E-state index in [4.69, 9.17) is 14.2 Å². The SMILES string of the molecule is CCSC(CCC1N(C/C=C/COC(=O)OC(C)(C)C)CCC12C(=O)Nc1ccccc12)(SCC)C(=O)OC. The molecular formula is C29H42N2O6S2. The van der Waals surface area contributed by atoms with Gasteiger partial charge in [0.05, 0.1) is 12.5 Å². The molecule has 2 aliphatic heterocycles. The molecule has 3 rings (SSSR count). The molecule has 1 N–H and O–H groups in total. The Morgan fingerprint density at radius 1 is 1.15 bits per heavy atom. The van der Waals surface area contributed by atoms with Crippen LogP contribution in [0.25, 0.3) is 0 Å². The molecule has 2 unspecified atom stereocenters. The summed E-state index contributed by atoms with van der Waals surface area (Å²) in [4.78, 5) is 40.8. The Bertz CT molecular complexity index is 1050. The van der Waals surface area contributed by atoms with Gasteiger partial charge in [0, 0.05) is 24.8 Å². The smallest absolute Gasteiger partial charge is 0.467 e. The Balaban J connectivity index is 1.82. The second-order valence-corrected chi connectivity index (χ2v) is 14.0. The summed E-state index contributed by atoms with van der Waals surface area (Å²) in [6, 6.07) is 7.80. The third kappa shape index (κ3) is 7.13. The fourth-order valence-corrected chi connectivity index (χ4v) is 8.45. The fourth-order valence-electron chi connectivity index (χ4n) is 5.55. The summed E-state index contributed by atoms with van der Waals surface area (Å²) in [6.07, 6.45) is 4.98. The number of methoxy groups -OCH3 is 1. The maximum Gasteiger partial charge on any atom is 0.509 e. The number of fused-ring (bicyclic) bond motifs is 2. The molecular weight excluding hydrogens is 536 g/mol. The Morgan fingerprint density at radius 3 is 2.49 bits per heavy atom. The monoisotopic (exact) mass is 578 g/mol. The van der Waals surface area contributed by atoms with Crippen LogP contribution in [0, 0.1) is 0 Å². The highest BCUT2D eigenvalue weighted by molar-refractivity contribution is 8.19. The first-order chi connectivity index (χ1) is 18.5. The molecule has 0 radical (unpaired) electrons. The summed E-state index contributed by atoms with van der Waals surface area (Å²) < 4.78 is 14.9. The molecule has 2 aliphatic rings. The van der Waals surface area contributed by atoms with E-state index >= 15 is 0 Å². The first-order valence-corrected chi connectivity index (χ1v) is 15.5. The van der Waals surface area contributed by atoms with Crippen molar-refractivity contribution in [1.82, 2.24) is 4.90 Å². The predicted molar refractivity (Wildman–Crippen MR) is 158 cm³/mol. The molecule has 1 spiro atoms. The molecule has 216 valence electrons. The van der Waals surface area contributed by atoms with E-state index in [-0.39, 0.29) is 24.5 Å². The van der Waals surface area contributed by atoms with Crippen LogP contribution in [0.2, 0.25) is 0 Å². The number of esters is 1. The highest BCUT2D eigenvalue weighted by Crippen LogP contribution is 2.51. The summed E-state index contributed by atoms with van der Waals surface area (Å²) in [5, 5.41) is 3.11. The topological polar surface area (TPSA) is 94.2 Å². The standard InChI is InChI=1S/C29H42N2O6S2/c1-7-38-29(39-8-2,25(33)35-6)16-15-23-28(21-13-9-10-14-22(21)30-24(28)32)17-19-31(23)18-11-12-20-36-26(34)37-27(3,4)5/h9-14,23H,7-8,15-20H2,1-6H3,(H,30,32)/b12-11+. The van der Waals surface area contributed by atoms with Gasteiger partial charge in [0.1, 0.15) is 12.2 Å². The van der Waals surface area contributed by atoms with E-state index in [1.165, 1.54) is 7.11 Å². The Kier molecular flexibility index (Phi) is 10.8. The lowest BCUT2D eigenvalue weighted by Crippen LogP contribution is -2.48. The summed E-state index contributed by atoms with van der Waals surface area (Å²) in [5.74, 6) is 1.36. The predicted octanol–water partition coefficient (Wildman–Crippen LogP) is 5.61. The molecule has 0 aliphatic carbocycles. The molecule has 1 aromatic carbocycles. The van der Waals surface area contributed by atoms with E-state index in [0.717, 1.165) is 29.3 Å². The number of anilines is 1. The Hall–Kier alpha value is -2.17. The number of para-hydroxylation sites is 1. The summed E-state index contributed by atoms with van der Waals surface area (Å²) in [6.45, 7) is 10.9. The number of benzene rings is 1. The van der Waals surface area contributed by atoms with Crippen LogP contribution in [0.15, 0.2) is 36.4 Å². The van der Waals surface area contributed by atoms with Crippen molar-refractivity contribution in [1.29, 1.82) is 0 Å². The van der Waals surface area contributed by atoms with Gasteiger partial charge >= 0.3 is 12.1 Å². The number of hydrogen-bond donors (Lipinski definition) is 1. The molecule has 1 fully saturated rings. The molecule has 8 nitrogen and oxygen atoms in total. The first kappa shape index (κ1) is 31.4. The summed E-state index contributed by atoms with van der Waals surface area (Å²) in [7, 11) is 1.44. The molecule has 10 heteroatoms. The van der Waals surface area contributed by atoms with E-state index in [1.807, 2.05) is 44.2 Å². The Morgan fingerprint density at radius 2 is 1.85 bits per heavy atom. The number of carbonyl (C=O) groups is 3. The lowest BCUT2D eigenvalue weighted by atomic mass is 9.73. The number of nitrogens with zero attached hydrogens (tertiary/aromatic N) is 1. The largest absolute Gasteiger partial charge is 0.509 e. The van der Waals surface area contributed by atoms with Crippen molar-refractivity contribution in [2.45, 2.75) is 75.0 Å². The van der Waals surface area contributed by atoms with Crippen molar-refractivity contribution in [3.05, 3.63) is 42.0 Å². The van der Waals surface area contributed by atoms with Crippen molar-refractivity contribution in [3.8, 4) is 0 Å². The number of thioether (sulfide) groups is 2. The van der Waals surface area contributed by atoms with E-state index in [0.29, 0.717) is 25.8 Å². The molecule has 2 heterocycles. The minimum atomic E-state index is -0.723. The zero-order valence-corrected chi connectivity index (χ0v) is 25.5. The number of nitrogens with one attached hydrogen (secondary N) is 1. The normalized spacial score (nSPS) is 21.3. The zero-order chi connectivity index (χ0) is 28.7. The average Bonchev–Trinajstić information content (AvgIpc) is 3.38. The van der Waals surface area contributed by atoms with Gasteiger partial charge in [-0.25, -0.2) is 9.59 Å². The first-order valence-electron chi connectivity index (χ1n) is 13.5. The van der Waals surface area contributed by atoms with Crippen LogP contribution >= 0.6 is 23.5 Å². The van der Waals surface area contributed by atoms with Crippen molar-refractivity contribution >= 4 is 47.2 Å². The van der Waals surface area contributed by atoms with Gasteiger partial charge in [-0.2, -0.15) is 0 Å². The molecule has 0 saturated carbocycles. The van der Waals surface area contributed by atoms with Crippen molar-refractivity contribution in [2.24, 2.45) is 0 Å².